The van der Waals surface area contributed by atoms with E-state index in [1.807, 2.05) is 18.2 Å². The maximum atomic E-state index is 12.4. The molecule has 1 atom stereocenters. The largest absolute Gasteiger partial charge is 0.481 e. The zero-order valence-electron chi connectivity index (χ0n) is 13.7. The van der Waals surface area contributed by atoms with Crippen LogP contribution < -0.4 is 10.2 Å². The van der Waals surface area contributed by atoms with Crippen LogP contribution in [-0.4, -0.2) is 59.2 Å². The van der Waals surface area contributed by atoms with Gasteiger partial charge in [0.25, 0.3) is 0 Å². The molecule has 0 spiro atoms. The van der Waals surface area contributed by atoms with Gasteiger partial charge >= 0.3 is 12.0 Å². The Labute approximate surface area is 141 Å². The van der Waals surface area contributed by atoms with Crippen molar-refractivity contribution in [2.75, 3.05) is 31.1 Å². The van der Waals surface area contributed by atoms with Crippen LogP contribution in [0, 0.1) is 5.92 Å². The first-order chi connectivity index (χ1) is 11.6. The van der Waals surface area contributed by atoms with E-state index in [0.717, 1.165) is 38.2 Å². The molecular formula is C17H24N4O3. The lowest BCUT2D eigenvalue weighted by molar-refractivity contribution is -0.143. The van der Waals surface area contributed by atoms with Gasteiger partial charge in [-0.3, -0.25) is 4.79 Å². The second-order valence-electron chi connectivity index (χ2n) is 6.52. The molecule has 0 aliphatic carbocycles. The van der Waals surface area contributed by atoms with E-state index in [4.69, 9.17) is 5.11 Å². The van der Waals surface area contributed by atoms with E-state index in [1.54, 1.807) is 11.1 Å². The number of hydrogen-bond acceptors (Lipinski definition) is 4. The molecule has 0 saturated carbocycles. The van der Waals surface area contributed by atoms with Gasteiger partial charge in [0.15, 0.2) is 0 Å². The number of carboxylic acid groups (broad SMARTS) is 1. The molecule has 2 aliphatic rings. The number of carboxylic acids is 1. The van der Waals surface area contributed by atoms with Crippen LogP contribution in [0.15, 0.2) is 24.4 Å². The van der Waals surface area contributed by atoms with Crippen LogP contribution in [0.2, 0.25) is 0 Å². The molecule has 0 aromatic carbocycles. The first kappa shape index (κ1) is 16.5. The molecule has 130 valence electrons. The summed E-state index contributed by atoms with van der Waals surface area (Å²) in [5.41, 5.74) is 0. The molecule has 2 amide bonds. The third-order valence-corrected chi connectivity index (χ3v) is 4.85. The lowest BCUT2D eigenvalue weighted by Gasteiger charge is -2.36. The number of likely N-dealkylation sites (tertiary alicyclic amines) is 1. The molecule has 3 rings (SSSR count). The molecule has 0 radical (unpaired) electrons. The lowest BCUT2D eigenvalue weighted by Crippen LogP contribution is -2.52. The quantitative estimate of drug-likeness (QED) is 0.877. The average molecular weight is 332 g/mol. The summed E-state index contributed by atoms with van der Waals surface area (Å²) >= 11 is 0. The summed E-state index contributed by atoms with van der Waals surface area (Å²) in [5, 5.41) is 12.2. The van der Waals surface area contributed by atoms with Crippen molar-refractivity contribution in [2.24, 2.45) is 5.92 Å². The van der Waals surface area contributed by atoms with E-state index in [9.17, 15) is 9.59 Å². The highest BCUT2D eigenvalue weighted by atomic mass is 16.4. The highest BCUT2D eigenvalue weighted by Gasteiger charge is 2.29. The molecule has 2 N–H and O–H groups in total. The summed E-state index contributed by atoms with van der Waals surface area (Å²) in [7, 11) is 0. The number of amides is 2. The Morgan fingerprint density at radius 3 is 2.62 bits per heavy atom. The van der Waals surface area contributed by atoms with Crippen LogP contribution in [0.5, 0.6) is 0 Å². The number of rotatable bonds is 3. The van der Waals surface area contributed by atoms with Gasteiger partial charge in [-0.05, 0) is 37.8 Å². The lowest BCUT2D eigenvalue weighted by atomic mass is 9.98. The molecule has 7 heteroatoms. The zero-order chi connectivity index (χ0) is 16.9. The minimum Gasteiger partial charge on any atom is -0.481 e. The minimum atomic E-state index is -0.809. The van der Waals surface area contributed by atoms with E-state index in [1.165, 1.54) is 0 Å². The Hall–Kier alpha value is -2.31. The number of pyridine rings is 1. The SMILES string of the molecule is O=C(O)C1CCCN(C(=O)NC2CCN(c3ccccn3)CC2)C1. The Morgan fingerprint density at radius 2 is 1.96 bits per heavy atom. The van der Waals surface area contributed by atoms with Gasteiger partial charge in [-0.25, -0.2) is 9.78 Å². The number of aliphatic carboxylic acids is 1. The van der Waals surface area contributed by atoms with Crippen molar-refractivity contribution in [1.29, 1.82) is 0 Å². The monoisotopic (exact) mass is 332 g/mol. The fourth-order valence-corrected chi connectivity index (χ4v) is 3.42. The van der Waals surface area contributed by atoms with E-state index < -0.39 is 11.9 Å². The van der Waals surface area contributed by atoms with Gasteiger partial charge in [-0.2, -0.15) is 0 Å². The molecular weight excluding hydrogens is 308 g/mol. The van der Waals surface area contributed by atoms with Gasteiger partial charge in [0.2, 0.25) is 0 Å². The Balaban J connectivity index is 1.47. The van der Waals surface area contributed by atoms with Crippen molar-refractivity contribution >= 4 is 17.8 Å². The number of piperidine rings is 2. The number of nitrogens with one attached hydrogen (secondary N) is 1. The van der Waals surface area contributed by atoms with Crippen molar-refractivity contribution in [1.82, 2.24) is 15.2 Å². The molecule has 3 heterocycles. The number of carbonyl (C=O) groups excluding carboxylic acids is 1. The predicted octanol–water partition coefficient (Wildman–Crippen LogP) is 1.56. The van der Waals surface area contributed by atoms with E-state index in [-0.39, 0.29) is 12.1 Å². The molecule has 0 bridgehead atoms. The van der Waals surface area contributed by atoms with Crippen LogP contribution in [0.4, 0.5) is 10.6 Å². The molecule has 2 aliphatic heterocycles. The summed E-state index contributed by atoms with van der Waals surface area (Å²) in [6, 6.07) is 5.89. The predicted molar refractivity (Wildman–Crippen MR) is 89.9 cm³/mol. The molecule has 7 nitrogen and oxygen atoms in total. The standard InChI is InChI=1S/C17H24N4O3/c22-16(23)13-4-3-9-21(12-13)17(24)19-14-6-10-20(11-7-14)15-5-1-2-8-18-15/h1-2,5,8,13-14H,3-4,6-7,9-12H2,(H,19,24)(H,22,23). The number of aromatic nitrogens is 1. The highest BCUT2D eigenvalue weighted by Crippen LogP contribution is 2.19. The van der Waals surface area contributed by atoms with Gasteiger partial charge < -0.3 is 20.2 Å². The number of nitrogens with zero attached hydrogens (tertiary/aromatic N) is 3. The topological polar surface area (TPSA) is 85.8 Å². The van der Waals surface area contributed by atoms with Crippen LogP contribution >= 0.6 is 0 Å². The van der Waals surface area contributed by atoms with Crippen LogP contribution in [0.25, 0.3) is 0 Å². The Kier molecular flexibility index (Phi) is 5.17. The van der Waals surface area contributed by atoms with Crippen molar-refractivity contribution in [3.8, 4) is 0 Å². The third kappa shape index (κ3) is 3.96. The summed E-state index contributed by atoms with van der Waals surface area (Å²) in [6.07, 6.45) is 4.94. The minimum absolute atomic E-state index is 0.128. The summed E-state index contributed by atoms with van der Waals surface area (Å²) in [6.45, 7) is 2.68. The molecule has 2 saturated heterocycles. The van der Waals surface area contributed by atoms with Gasteiger partial charge in [-0.15, -0.1) is 0 Å². The zero-order valence-corrected chi connectivity index (χ0v) is 13.7. The maximum Gasteiger partial charge on any atom is 0.317 e. The summed E-state index contributed by atoms with van der Waals surface area (Å²) in [5.74, 6) is -0.269. The van der Waals surface area contributed by atoms with Crippen molar-refractivity contribution < 1.29 is 14.7 Å². The summed E-state index contributed by atoms with van der Waals surface area (Å²) < 4.78 is 0. The molecule has 1 unspecified atom stereocenters. The average Bonchev–Trinajstić information content (AvgIpc) is 2.63. The fourth-order valence-electron chi connectivity index (χ4n) is 3.42. The van der Waals surface area contributed by atoms with Gasteiger partial charge in [0, 0.05) is 38.4 Å². The number of carbonyl (C=O) groups is 2. The maximum absolute atomic E-state index is 12.4. The van der Waals surface area contributed by atoms with Crippen LogP contribution in [0.1, 0.15) is 25.7 Å². The first-order valence-corrected chi connectivity index (χ1v) is 8.57. The first-order valence-electron chi connectivity index (χ1n) is 8.57. The second-order valence-corrected chi connectivity index (χ2v) is 6.52. The number of hydrogen-bond donors (Lipinski definition) is 2. The molecule has 24 heavy (non-hydrogen) atoms. The normalized spacial score (nSPS) is 22.2. The number of urea groups is 1. The molecule has 1 aromatic heterocycles. The Morgan fingerprint density at radius 1 is 1.17 bits per heavy atom. The van der Waals surface area contributed by atoms with Gasteiger partial charge in [0.1, 0.15) is 5.82 Å². The van der Waals surface area contributed by atoms with Crippen LogP contribution in [0.3, 0.4) is 0 Å². The summed E-state index contributed by atoms with van der Waals surface area (Å²) in [4.78, 5) is 31.7. The van der Waals surface area contributed by atoms with Crippen LogP contribution in [-0.2, 0) is 4.79 Å². The smallest absolute Gasteiger partial charge is 0.317 e. The molecule has 2 fully saturated rings. The highest BCUT2D eigenvalue weighted by molar-refractivity contribution is 5.76. The van der Waals surface area contributed by atoms with E-state index >= 15 is 0 Å². The van der Waals surface area contributed by atoms with E-state index in [0.29, 0.717) is 19.5 Å². The molecule has 1 aromatic rings. The van der Waals surface area contributed by atoms with Gasteiger partial charge in [0.05, 0.1) is 5.92 Å². The Bertz CT molecular complexity index is 572. The van der Waals surface area contributed by atoms with Crippen molar-refractivity contribution in [3.05, 3.63) is 24.4 Å². The van der Waals surface area contributed by atoms with Gasteiger partial charge in [-0.1, -0.05) is 6.07 Å². The fraction of sp³-hybridized carbons (Fsp3) is 0.588. The third-order valence-electron chi connectivity index (χ3n) is 4.85. The van der Waals surface area contributed by atoms with Crippen molar-refractivity contribution in [3.63, 3.8) is 0 Å². The number of anilines is 1. The van der Waals surface area contributed by atoms with Crippen molar-refractivity contribution in [2.45, 2.75) is 31.7 Å². The second kappa shape index (κ2) is 7.51. The van der Waals surface area contributed by atoms with E-state index in [2.05, 4.69) is 15.2 Å².